The van der Waals surface area contributed by atoms with Gasteiger partial charge in [0.25, 0.3) is 0 Å². The highest BCUT2D eigenvalue weighted by Crippen LogP contribution is 2.27. The van der Waals surface area contributed by atoms with Crippen LogP contribution in [0.5, 0.6) is 0 Å². The molecule has 5 nitrogen and oxygen atoms in total. The van der Waals surface area contributed by atoms with E-state index in [0.717, 1.165) is 23.7 Å². The fourth-order valence-electron chi connectivity index (χ4n) is 3.17. The van der Waals surface area contributed by atoms with Gasteiger partial charge in [0.2, 0.25) is 11.7 Å². The van der Waals surface area contributed by atoms with Gasteiger partial charge in [-0.1, -0.05) is 24.1 Å². The van der Waals surface area contributed by atoms with E-state index in [-0.39, 0.29) is 0 Å². The molecule has 2 aromatic rings. The van der Waals surface area contributed by atoms with E-state index >= 15 is 0 Å². The molecule has 0 spiro atoms. The molecular formula is C16H22N4O. The predicted octanol–water partition coefficient (Wildman–Crippen LogP) is 2.76. The lowest BCUT2D eigenvalue weighted by molar-refractivity contribution is 0.248. The van der Waals surface area contributed by atoms with Crippen LogP contribution in [0.3, 0.4) is 0 Å². The summed E-state index contributed by atoms with van der Waals surface area (Å²) in [6.45, 7) is 1.96. The number of aromatic nitrogens is 3. The van der Waals surface area contributed by atoms with Gasteiger partial charge in [-0.05, 0) is 44.9 Å². The van der Waals surface area contributed by atoms with Crippen LogP contribution in [-0.2, 0) is 6.42 Å². The Kier molecular flexibility index (Phi) is 4.29. The molecule has 0 radical (unpaired) electrons. The minimum absolute atomic E-state index is 0.561. The number of aryl methyl sites for hydroxylation is 1. The summed E-state index contributed by atoms with van der Waals surface area (Å²) in [4.78, 5) is 8.95. The van der Waals surface area contributed by atoms with Crippen LogP contribution in [0.2, 0.25) is 0 Å². The van der Waals surface area contributed by atoms with E-state index in [0.29, 0.717) is 17.8 Å². The first-order chi connectivity index (χ1) is 10.3. The quantitative estimate of drug-likeness (QED) is 0.936. The zero-order valence-corrected chi connectivity index (χ0v) is 12.7. The topological polar surface area (TPSA) is 63.8 Å². The van der Waals surface area contributed by atoms with Crippen LogP contribution in [0, 0.1) is 12.8 Å². The molecule has 0 aliphatic heterocycles. The summed E-state index contributed by atoms with van der Waals surface area (Å²) in [5.74, 6) is 1.90. The van der Waals surface area contributed by atoms with Gasteiger partial charge < -0.3 is 9.84 Å². The second kappa shape index (κ2) is 6.35. The minimum Gasteiger partial charge on any atom is -0.339 e. The van der Waals surface area contributed by atoms with Crippen LogP contribution in [0.15, 0.2) is 22.7 Å². The second-order valence-electron chi connectivity index (χ2n) is 5.82. The molecule has 2 atom stereocenters. The molecule has 0 aromatic carbocycles. The Bertz CT molecular complexity index is 595. The van der Waals surface area contributed by atoms with Crippen LogP contribution in [0.1, 0.15) is 37.3 Å². The zero-order valence-electron chi connectivity index (χ0n) is 12.7. The Morgan fingerprint density at radius 3 is 2.90 bits per heavy atom. The Morgan fingerprint density at radius 1 is 1.24 bits per heavy atom. The minimum atomic E-state index is 0.561. The normalized spacial score (nSPS) is 22.4. The third kappa shape index (κ3) is 3.29. The highest BCUT2D eigenvalue weighted by atomic mass is 16.5. The van der Waals surface area contributed by atoms with Gasteiger partial charge in [0.1, 0.15) is 5.69 Å². The summed E-state index contributed by atoms with van der Waals surface area (Å²) in [5.41, 5.74) is 1.74. The smallest absolute Gasteiger partial charge is 0.227 e. The molecule has 1 aliphatic rings. The van der Waals surface area contributed by atoms with Gasteiger partial charge in [0.15, 0.2) is 0 Å². The van der Waals surface area contributed by atoms with E-state index in [1.165, 1.54) is 25.7 Å². The van der Waals surface area contributed by atoms with Crippen LogP contribution < -0.4 is 5.32 Å². The van der Waals surface area contributed by atoms with Crippen molar-refractivity contribution in [3.63, 3.8) is 0 Å². The average molecular weight is 286 g/mol. The largest absolute Gasteiger partial charge is 0.339 e. The molecule has 5 heteroatoms. The summed E-state index contributed by atoms with van der Waals surface area (Å²) in [7, 11) is 2.04. The summed E-state index contributed by atoms with van der Waals surface area (Å²) in [6.07, 6.45) is 5.92. The van der Waals surface area contributed by atoms with E-state index in [4.69, 9.17) is 4.52 Å². The molecule has 1 N–H and O–H groups in total. The van der Waals surface area contributed by atoms with Crippen LogP contribution in [0.25, 0.3) is 11.5 Å². The lowest BCUT2D eigenvalue weighted by Crippen LogP contribution is -2.37. The molecule has 3 rings (SSSR count). The van der Waals surface area contributed by atoms with Crippen molar-refractivity contribution in [2.24, 2.45) is 5.92 Å². The number of nitrogens with one attached hydrogen (secondary N) is 1. The lowest BCUT2D eigenvalue weighted by Gasteiger charge is -2.30. The van der Waals surface area contributed by atoms with Crippen molar-refractivity contribution in [1.29, 1.82) is 0 Å². The third-order valence-electron chi connectivity index (χ3n) is 4.30. The predicted molar refractivity (Wildman–Crippen MR) is 80.8 cm³/mol. The lowest BCUT2D eigenvalue weighted by atomic mass is 9.82. The molecule has 0 saturated heterocycles. The average Bonchev–Trinajstić information content (AvgIpc) is 2.96. The molecule has 1 fully saturated rings. The van der Waals surface area contributed by atoms with E-state index in [9.17, 15) is 0 Å². The van der Waals surface area contributed by atoms with Crippen molar-refractivity contribution in [2.45, 2.75) is 45.1 Å². The van der Waals surface area contributed by atoms with Crippen molar-refractivity contribution >= 4 is 0 Å². The van der Waals surface area contributed by atoms with Crippen molar-refractivity contribution in [3.05, 3.63) is 29.8 Å². The molecule has 1 saturated carbocycles. The number of rotatable bonds is 4. The molecule has 2 heterocycles. The van der Waals surface area contributed by atoms with Gasteiger partial charge in [-0.15, -0.1) is 0 Å². The summed E-state index contributed by atoms with van der Waals surface area (Å²) in [5, 5.41) is 7.49. The zero-order chi connectivity index (χ0) is 14.7. The number of hydrogen-bond donors (Lipinski definition) is 1. The maximum Gasteiger partial charge on any atom is 0.227 e. The van der Waals surface area contributed by atoms with Crippen molar-refractivity contribution in [2.75, 3.05) is 7.05 Å². The highest BCUT2D eigenvalue weighted by Gasteiger charge is 2.26. The maximum absolute atomic E-state index is 5.43. The SMILES string of the molecule is CNC1CCCCC1Cc1nc(-c2cccc(C)n2)no1. The van der Waals surface area contributed by atoms with Crippen LogP contribution in [0.4, 0.5) is 0 Å². The Hall–Kier alpha value is -1.75. The van der Waals surface area contributed by atoms with E-state index < -0.39 is 0 Å². The second-order valence-corrected chi connectivity index (χ2v) is 5.82. The van der Waals surface area contributed by atoms with Crippen molar-refractivity contribution in [3.8, 4) is 11.5 Å². The Balaban J connectivity index is 1.73. The molecule has 0 amide bonds. The van der Waals surface area contributed by atoms with E-state index in [2.05, 4.69) is 20.4 Å². The van der Waals surface area contributed by atoms with Crippen molar-refractivity contribution in [1.82, 2.24) is 20.4 Å². The Labute approximate surface area is 125 Å². The number of nitrogens with zero attached hydrogens (tertiary/aromatic N) is 3. The molecular weight excluding hydrogens is 264 g/mol. The van der Waals surface area contributed by atoms with Gasteiger partial charge in [-0.3, -0.25) is 0 Å². The molecule has 0 bridgehead atoms. The van der Waals surface area contributed by atoms with Gasteiger partial charge >= 0.3 is 0 Å². The summed E-state index contributed by atoms with van der Waals surface area (Å²) in [6, 6.07) is 6.40. The van der Waals surface area contributed by atoms with Crippen molar-refractivity contribution < 1.29 is 4.52 Å². The third-order valence-corrected chi connectivity index (χ3v) is 4.30. The fourth-order valence-corrected chi connectivity index (χ4v) is 3.17. The first-order valence-electron chi connectivity index (χ1n) is 7.70. The monoisotopic (exact) mass is 286 g/mol. The number of pyridine rings is 1. The van der Waals surface area contributed by atoms with Gasteiger partial charge in [-0.2, -0.15) is 4.98 Å². The fraction of sp³-hybridized carbons (Fsp3) is 0.562. The molecule has 2 aromatic heterocycles. The summed E-state index contributed by atoms with van der Waals surface area (Å²) >= 11 is 0. The van der Waals surface area contributed by atoms with E-state index in [1.807, 2.05) is 32.2 Å². The standard InChI is InChI=1S/C16H22N4O/c1-11-6-5-9-14(18-11)16-19-15(21-20-16)10-12-7-3-4-8-13(12)17-2/h5-6,9,12-13,17H,3-4,7-8,10H2,1-2H3. The molecule has 21 heavy (non-hydrogen) atoms. The van der Waals surface area contributed by atoms with Gasteiger partial charge in [0.05, 0.1) is 0 Å². The first kappa shape index (κ1) is 14.2. The number of hydrogen-bond acceptors (Lipinski definition) is 5. The first-order valence-corrected chi connectivity index (χ1v) is 7.70. The van der Waals surface area contributed by atoms with Crippen LogP contribution in [-0.4, -0.2) is 28.2 Å². The molecule has 2 unspecified atom stereocenters. The summed E-state index contributed by atoms with van der Waals surface area (Å²) < 4.78 is 5.43. The maximum atomic E-state index is 5.43. The van der Waals surface area contributed by atoms with Gasteiger partial charge in [0, 0.05) is 18.2 Å². The molecule has 1 aliphatic carbocycles. The molecule has 112 valence electrons. The van der Waals surface area contributed by atoms with E-state index in [1.54, 1.807) is 0 Å². The Morgan fingerprint density at radius 2 is 2.10 bits per heavy atom. The van der Waals surface area contributed by atoms with Crippen LogP contribution >= 0.6 is 0 Å². The van der Waals surface area contributed by atoms with Gasteiger partial charge in [-0.25, -0.2) is 4.98 Å². The highest BCUT2D eigenvalue weighted by molar-refractivity contribution is 5.47.